The Kier molecular flexibility index (Phi) is 5.69. The number of para-hydroxylation sites is 1. The zero-order chi connectivity index (χ0) is 19.4. The lowest BCUT2D eigenvalue weighted by Gasteiger charge is -2.32. The average molecular weight is 397 g/mol. The number of thiophene rings is 1. The molecule has 9 heteroatoms. The number of hydrogen-bond donors (Lipinski definition) is 2. The van der Waals surface area contributed by atoms with E-state index in [4.69, 9.17) is 0 Å². The number of carbonyl (C=O) groups excluding carboxylic acids is 2. The predicted molar refractivity (Wildman–Crippen MR) is 96.2 cm³/mol. The van der Waals surface area contributed by atoms with Gasteiger partial charge in [0.1, 0.15) is 0 Å². The first-order valence-electron chi connectivity index (χ1n) is 8.41. The molecule has 2 amide bonds. The molecule has 1 aromatic carbocycles. The molecule has 0 spiro atoms. The minimum Gasteiger partial charge on any atom is -0.337 e. The van der Waals surface area contributed by atoms with Gasteiger partial charge in [0.05, 0.1) is 22.0 Å². The van der Waals surface area contributed by atoms with Gasteiger partial charge >= 0.3 is 6.18 Å². The largest absolute Gasteiger partial charge is 0.418 e. The lowest BCUT2D eigenvalue weighted by molar-refractivity contribution is -0.137. The molecule has 2 N–H and O–H groups in total. The van der Waals surface area contributed by atoms with E-state index in [1.54, 1.807) is 17.0 Å². The van der Waals surface area contributed by atoms with Gasteiger partial charge in [-0.05, 0) is 36.4 Å². The van der Waals surface area contributed by atoms with Gasteiger partial charge in [-0.15, -0.1) is 11.3 Å². The minimum absolute atomic E-state index is 0.127. The summed E-state index contributed by atoms with van der Waals surface area (Å²) in [4.78, 5) is 27.0. The highest BCUT2D eigenvalue weighted by molar-refractivity contribution is 7.12. The van der Waals surface area contributed by atoms with E-state index in [0.717, 1.165) is 6.07 Å². The van der Waals surface area contributed by atoms with Crippen molar-refractivity contribution in [3.05, 3.63) is 52.2 Å². The van der Waals surface area contributed by atoms with Crippen LogP contribution in [0.25, 0.3) is 0 Å². The lowest BCUT2D eigenvalue weighted by Crippen LogP contribution is -2.46. The molecule has 1 atom stereocenters. The normalized spacial score (nSPS) is 17.4. The number of benzene rings is 1. The molecule has 27 heavy (non-hydrogen) atoms. The van der Waals surface area contributed by atoms with E-state index in [0.29, 0.717) is 24.3 Å². The number of carbonyl (C=O) groups is 2. The van der Waals surface area contributed by atoms with Crippen LogP contribution in [0.5, 0.6) is 0 Å². The maximum absolute atomic E-state index is 13.0. The molecule has 1 saturated heterocycles. The minimum atomic E-state index is -4.52. The average Bonchev–Trinajstić information content (AvgIpc) is 3.20. The number of anilines is 1. The third-order valence-electron chi connectivity index (χ3n) is 4.36. The summed E-state index contributed by atoms with van der Waals surface area (Å²) in [7, 11) is 0. The number of hydrogen-bond acceptors (Lipinski definition) is 4. The van der Waals surface area contributed by atoms with Crippen LogP contribution in [0.2, 0.25) is 0 Å². The molecule has 1 fully saturated rings. The van der Waals surface area contributed by atoms with E-state index in [9.17, 15) is 22.8 Å². The van der Waals surface area contributed by atoms with Gasteiger partial charge in [-0.3, -0.25) is 20.4 Å². The SMILES string of the molecule is O=C(NNc1ccccc1C(F)(F)F)[C@@H]1CCCN(C(=O)c2cccs2)C1. The Morgan fingerprint density at radius 2 is 1.93 bits per heavy atom. The van der Waals surface area contributed by atoms with Crippen LogP contribution in [0.1, 0.15) is 28.1 Å². The quantitative estimate of drug-likeness (QED) is 0.773. The molecule has 3 rings (SSSR count). The highest BCUT2D eigenvalue weighted by Crippen LogP contribution is 2.34. The summed E-state index contributed by atoms with van der Waals surface area (Å²) in [5, 5.41) is 1.81. The second kappa shape index (κ2) is 7.99. The first-order valence-corrected chi connectivity index (χ1v) is 9.29. The summed E-state index contributed by atoms with van der Waals surface area (Å²) in [5.41, 5.74) is 3.64. The molecule has 5 nitrogen and oxygen atoms in total. The van der Waals surface area contributed by atoms with Crippen LogP contribution in [-0.2, 0) is 11.0 Å². The number of halogens is 3. The first-order chi connectivity index (χ1) is 12.9. The fourth-order valence-corrected chi connectivity index (χ4v) is 3.69. The van der Waals surface area contributed by atoms with E-state index in [1.807, 2.05) is 5.38 Å². The molecular formula is C18H18F3N3O2S. The Hall–Kier alpha value is -2.55. The zero-order valence-corrected chi connectivity index (χ0v) is 15.1. The summed E-state index contributed by atoms with van der Waals surface area (Å²) in [6, 6.07) is 8.43. The molecular weight excluding hydrogens is 379 g/mol. The number of piperidine rings is 1. The van der Waals surface area contributed by atoms with Crippen molar-refractivity contribution in [1.29, 1.82) is 0 Å². The fourth-order valence-electron chi connectivity index (χ4n) is 3.00. The fraction of sp³-hybridized carbons (Fsp3) is 0.333. The first kappa shape index (κ1) is 19.2. The molecule has 0 aliphatic carbocycles. The van der Waals surface area contributed by atoms with Gasteiger partial charge < -0.3 is 4.90 Å². The topological polar surface area (TPSA) is 61.4 Å². The second-order valence-corrected chi connectivity index (χ2v) is 7.17. The smallest absolute Gasteiger partial charge is 0.337 e. The number of hydrazine groups is 1. The molecule has 144 valence electrons. The van der Waals surface area contributed by atoms with Gasteiger partial charge in [0.2, 0.25) is 5.91 Å². The Balaban J connectivity index is 1.61. The standard InChI is InChI=1S/C18H18F3N3O2S/c19-18(20,21)13-6-1-2-7-14(13)22-23-16(25)12-5-3-9-24(11-12)17(26)15-8-4-10-27-15/h1-2,4,6-8,10,12,22H,3,5,9,11H2,(H,23,25)/t12-/m1/s1. The molecule has 2 aromatic rings. The Morgan fingerprint density at radius 1 is 1.15 bits per heavy atom. The van der Waals surface area contributed by atoms with Gasteiger partial charge in [0.15, 0.2) is 0 Å². The number of amides is 2. The predicted octanol–water partition coefficient (Wildman–Crippen LogP) is 3.76. The molecule has 2 heterocycles. The van der Waals surface area contributed by atoms with Crippen LogP contribution in [-0.4, -0.2) is 29.8 Å². The van der Waals surface area contributed by atoms with E-state index >= 15 is 0 Å². The summed E-state index contributed by atoms with van der Waals surface area (Å²) in [6.45, 7) is 0.802. The summed E-state index contributed by atoms with van der Waals surface area (Å²) < 4.78 is 39.0. The van der Waals surface area contributed by atoms with E-state index in [1.165, 1.54) is 29.5 Å². The van der Waals surface area contributed by atoms with Crippen LogP contribution in [0.3, 0.4) is 0 Å². The number of alkyl halides is 3. The van der Waals surface area contributed by atoms with Gasteiger partial charge in [-0.2, -0.15) is 13.2 Å². The van der Waals surface area contributed by atoms with Crippen LogP contribution in [0.4, 0.5) is 18.9 Å². The van der Waals surface area contributed by atoms with E-state index in [-0.39, 0.29) is 18.1 Å². The molecule has 1 aromatic heterocycles. The van der Waals surface area contributed by atoms with Crippen LogP contribution >= 0.6 is 11.3 Å². The molecule has 0 unspecified atom stereocenters. The van der Waals surface area contributed by atoms with Gasteiger partial charge in [-0.1, -0.05) is 18.2 Å². The van der Waals surface area contributed by atoms with Crippen LogP contribution < -0.4 is 10.9 Å². The van der Waals surface area contributed by atoms with Crippen molar-refractivity contribution in [1.82, 2.24) is 10.3 Å². The van der Waals surface area contributed by atoms with Crippen molar-refractivity contribution < 1.29 is 22.8 Å². The summed E-state index contributed by atoms with van der Waals surface area (Å²) in [6.07, 6.45) is -3.29. The Labute approximate surface area is 158 Å². The van der Waals surface area contributed by atoms with Crippen molar-refractivity contribution in [3.8, 4) is 0 Å². The number of rotatable bonds is 4. The summed E-state index contributed by atoms with van der Waals surface area (Å²) >= 11 is 1.34. The summed E-state index contributed by atoms with van der Waals surface area (Å²) in [5.74, 6) is -1.04. The highest BCUT2D eigenvalue weighted by Gasteiger charge is 2.34. The van der Waals surface area contributed by atoms with Gasteiger partial charge in [-0.25, -0.2) is 0 Å². The molecule has 1 aliphatic rings. The molecule has 0 bridgehead atoms. The van der Waals surface area contributed by atoms with Gasteiger partial charge in [0, 0.05) is 13.1 Å². The number of nitrogens with one attached hydrogen (secondary N) is 2. The third-order valence-corrected chi connectivity index (χ3v) is 5.22. The lowest BCUT2D eigenvalue weighted by atomic mass is 9.97. The number of likely N-dealkylation sites (tertiary alicyclic amines) is 1. The molecule has 1 aliphatic heterocycles. The number of nitrogens with zero attached hydrogens (tertiary/aromatic N) is 1. The van der Waals surface area contributed by atoms with Crippen molar-refractivity contribution in [2.45, 2.75) is 19.0 Å². The zero-order valence-electron chi connectivity index (χ0n) is 14.3. The van der Waals surface area contributed by atoms with Crippen molar-refractivity contribution in [2.75, 3.05) is 18.5 Å². The third kappa shape index (κ3) is 4.60. The highest BCUT2D eigenvalue weighted by atomic mass is 32.1. The van der Waals surface area contributed by atoms with E-state index in [2.05, 4.69) is 10.9 Å². The monoisotopic (exact) mass is 397 g/mol. The second-order valence-electron chi connectivity index (χ2n) is 6.23. The van der Waals surface area contributed by atoms with Crippen LogP contribution in [0, 0.1) is 5.92 Å². The van der Waals surface area contributed by atoms with Crippen molar-refractivity contribution >= 4 is 28.8 Å². The Morgan fingerprint density at radius 3 is 2.63 bits per heavy atom. The van der Waals surface area contributed by atoms with E-state index < -0.39 is 23.6 Å². The van der Waals surface area contributed by atoms with Crippen molar-refractivity contribution in [2.24, 2.45) is 5.92 Å². The molecule has 0 saturated carbocycles. The molecule has 0 radical (unpaired) electrons. The Bertz CT molecular complexity index is 808. The van der Waals surface area contributed by atoms with Crippen LogP contribution in [0.15, 0.2) is 41.8 Å². The maximum Gasteiger partial charge on any atom is 0.418 e. The van der Waals surface area contributed by atoms with Gasteiger partial charge in [0.25, 0.3) is 5.91 Å². The van der Waals surface area contributed by atoms with Crippen molar-refractivity contribution in [3.63, 3.8) is 0 Å². The maximum atomic E-state index is 13.0.